The van der Waals surface area contributed by atoms with Crippen LogP contribution in [-0.4, -0.2) is 28.4 Å². The van der Waals surface area contributed by atoms with E-state index in [2.05, 4.69) is 16.7 Å². The number of hydrogen-bond acceptors (Lipinski definition) is 3. The second kappa shape index (κ2) is 6.16. The monoisotopic (exact) mass is 326 g/mol. The molecule has 1 saturated carbocycles. The van der Waals surface area contributed by atoms with Crippen LogP contribution in [0.1, 0.15) is 38.7 Å². The summed E-state index contributed by atoms with van der Waals surface area (Å²) in [6, 6.07) is 8.78. The van der Waals surface area contributed by atoms with Crippen molar-refractivity contribution in [2.45, 2.75) is 51.2 Å². The Bertz CT molecular complexity index is 705. The molecule has 2 atom stereocenters. The highest BCUT2D eigenvalue weighted by atomic mass is 16.2. The molecule has 0 saturated heterocycles. The Morgan fingerprint density at radius 1 is 1.50 bits per heavy atom. The van der Waals surface area contributed by atoms with Gasteiger partial charge in [-0.3, -0.25) is 4.79 Å². The van der Waals surface area contributed by atoms with E-state index >= 15 is 0 Å². The third kappa shape index (κ3) is 2.94. The number of fused-ring (bicyclic) bond motifs is 1. The van der Waals surface area contributed by atoms with Crippen LogP contribution in [0.4, 0.5) is 10.5 Å². The lowest BCUT2D eigenvalue weighted by Crippen LogP contribution is -2.54. The average Bonchev–Trinajstić information content (AvgIpc) is 3.36. The minimum atomic E-state index is -0.751. The predicted molar refractivity (Wildman–Crippen MR) is 90.0 cm³/mol. The fourth-order valence-corrected chi connectivity index (χ4v) is 3.06. The number of hydrogen-bond donors (Lipinski definition) is 2. The van der Waals surface area contributed by atoms with Crippen LogP contribution < -0.4 is 10.6 Å². The molecular weight excluding hydrogens is 304 g/mol. The average molecular weight is 326 g/mol. The Morgan fingerprint density at radius 3 is 2.83 bits per heavy atom. The molecule has 2 N–H and O–H groups in total. The standard InChI is InChI=1S/C18H22N4O2/c1-3-12(2)15-16(23)20-14-7-5-4-6-13(14)10-22(15)17(24)21-18(11-19)8-9-18/h4-7,12,15H,3,8-10H2,1-2H3,(H,20,23)(H,21,24). The van der Waals surface area contributed by atoms with Crippen molar-refractivity contribution in [1.82, 2.24) is 10.2 Å². The number of benzene rings is 1. The number of nitrogens with one attached hydrogen (secondary N) is 2. The number of nitrogens with zero attached hydrogens (tertiary/aromatic N) is 2. The van der Waals surface area contributed by atoms with Crippen LogP contribution in [0.5, 0.6) is 0 Å². The van der Waals surface area contributed by atoms with Gasteiger partial charge in [0, 0.05) is 5.69 Å². The molecule has 2 unspecified atom stereocenters. The fraction of sp³-hybridized carbons (Fsp3) is 0.500. The molecule has 1 heterocycles. The largest absolute Gasteiger partial charge is 0.324 e. The molecule has 1 fully saturated rings. The molecule has 2 aliphatic rings. The molecule has 3 rings (SSSR count). The summed E-state index contributed by atoms with van der Waals surface area (Å²) >= 11 is 0. The van der Waals surface area contributed by atoms with Crippen molar-refractivity contribution < 1.29 is 9.59 Å². The van der Waals surface area contributed by atoms with Crippen molar-refractivity contribution in [3.63, 3.8) is 0 Å². The number of carbonyl (C=O) groups is 2. The highest BCUT2D eigenvalue weighted by molar-refractivity contribution is 5.99. The quantitative estimate of drug-likeness (QED) is 0.895. The molecule has 1 aliphatic carbocycles. The van der Waals surface area contributed by atoms with Crippen molar-refractivity contribution in [3.05, 3.63) is 29.8 Å². The van der Waals surface area contributed by atoms with Gasteiger partial charge in [-0.2, -0.15) is 5.26 Å². The fourth-order valence-electron chi connectivity index (χ4n) is 3.06. The third-order valence-corrected chi connectivity index (χ3v) is 4.97. The van der Waals surface area contributed by atoms with Crippen LogP contribution >= 0.6 is 0 Å². The summed E-state index contributed by atoms with van der Waals surface area (Å²) in [5.41, 5.74) is 0.889. The zero-order valence-corrected chi connectivity index (χ0v) is 14.0. The molecule has 0 bridgehead atoms. The Kier molecular flexibility index (Phi) is 4.18. The maximum Gasteiger partial charge on any atom is 0.319 e. The summed E-state index contributed by atoms with van der Waals surface area (Å²) in [5.74, 6) is -0.159. The van der Waals surface area contributed by atoms with Gasteiger partial charge in [-0.1, -0.05) is 38.5 Å². The summed E-state index contributed by atoms with van der Waals surface area (Å²) in [6.07, 6.45) is 2.11. The van der Waals surface area contributed by atoms with Crippen molar-refractivity contribution in [1.29, 1.82) is 5.26 Å². The highest BCUT2D eigenvalue weighted by Crippen LogP contribution is 2.35. The minimum Gasteiger partial charge on any atom is -0.324 e. The van der Waals surface area contributed by atoms with Gasteiger partial charge in [-0.05, 0) is 30.4 Å². The van der Waals surface area contributed by atoms with E-state index in [0.717, 1.165) is 17.7 Å². The number of rotatable bonds is 3. The van der Waals surface area contributed by atoms with Crippen LogP contribution in [0.2, 0.25) is 0 Å². The number of anilines is 1. The van der Waals surface area contributed by atoms with Gasteiger partial charge in [-0.25, -0.2) is 4.79 Å². The van der Waals surface area contributed by atoms with Crippen LogP contribution in [0.25, 0.3) is 0 Å². The van der Waals surface area contributed by atoms with Crippen LogP contribution in [0, 0.1) is 17.2 Å². The van der Waals surface area contributed by atoms with Crippen LogP contribution in [-0.2, 0) is 11.3 Å². The van der Waals surface area contributed by atoms with Crippen molar-refractivity contribution in [2.24, 2.45) is 5.92 Å². The Morgan fingerprint density at radius 2 is 2.21 bits per heavy atom. The number of amides is 3. The van der Waals surface area contributed by atoms with Gasteiger partial charge in [0.2, 0.25) is 5.91 Å². The molecular formula is C18H22N4O2. The van der Waals surface area contributed by atoms with E-state index in [1.54, 1.807) is 4.90 Å². The highest BCUT2D eigenvalue weighted by Gasteiger charge is 2.47. The second-order valence-electron chi connectivity index (χ2n) is 6.73. The van der Waals surface area contributed by atoms with E-state index in [0.29, 0.717) is 19.4 Å². The number of carbonyl (C=O) groups excluding carboxylic acids is 2. The van der Waals surface area contributed by atoms with Crippen LogP contribution in [0.15, 0.2) is 24.3 Å². The molecule has 0 radical (unpaired) electrons. The van der Waals surface area contributed by atoms with Gasteiger partial charge in [0.1, 0.15) is 11.6 Å². The van der Waals surface area contributed by atoms with Gasteiger partial charge < -0.3 is 15.5 Å². The van der Waals surface area contributed by atoms with Gasteiger partial charge >= 0.3 is 6.03 Å². The summed E-state index contributed by atoms with van der Waals surface area (Å²) < 4.78 is 0. The van der Waals surface area contributed by atoms with Crippen molar-refractivity contribution >= 4 is 17.6 Å². The van der Waals surface area contributed by atoms with E-state index in [4.69, 9.17) is 0 Å². The topological polar surface area (TPSA) is 85.2 Å². The summed E-state index contributed by atoms with van der Waals surface area (Å²) in [7, 11) is 0. The first-order chi connectivity index (χ1) is 11.5. The maximum absolute atomic E-state index is 12.8. The Balaban J connectivity index is 1.93. The van der Waals surface area contributed by atoms with Gasteiger partial charge in [0.25, 0.3) is 0 Å². The zero-order valence-electron chi connectivity index (χ0n) is 14.0. The SMILES string of the molecule is CCC(C)C1C(=O)Nc2ccccc2CN1C(=O)NC1(C#N)CC1. The second-order valence-corrected chi connectivity index (χ2v) is 6.73. The van der Waals surface area contributed by atoms with Crippen LogP contribution in [0.3, 0.4) is 0 Å². The number of para-hydroxylation sites is 1. The number of nitriles is 1. The van der Waals surface area contributed by atoms with Crippen molar-refractivity contribution in [2.75, 3.05) is 5.32 Å². The van der Waals surface area contributed by atoms with Gasteiger partial charge in [0.05, 0.1) is 12.6 Å². The molecule has 6 nitrogen and oxygen atoms in total. The molecule has 6 heteroatoms. The molecule has 126 valence electrons. The molecule has 0 spiro atoms. The normalized spacial score (nSPS) is 22.5. The lowest BCUT2D eigenvalue weighted by Gasteiger charge is -2.33. The lowest BCUT2D eigenvalue weighted by molar-refractivity contribution is -0.121. The first-order valence-corrected chi connectivity index (χ1v) is 8.38. The number of urea groups is 1. The predicted octanol–water partition coefficient (Wildman–Crippen LogP) is 2.62. The first-order valence-electron chi connectivity index (χ1n) is 8.38. The third-order valence-electron chi connectivity index (χ3n) is 4.97. The van der Waals surface area contributed by atoms with Gasteiger partial charge in [0.15, 0.2) is 0 Å². The van der Waals surface area contributed by atoms with E-state index in [9.17, 15) is 14.9 Å². The lowest BCUT2D eigenvalue weighted by atomic mass is 9.97. The maximum atomic E-state index is 12.8. The summed E-state index contributed by atoms with van der Waals surface area (Å²) in [6.45, 7) is 4.32. The van der Waals surface area contributed by atoms with E-state index in [1.165, 1.54) is 0 Å². The molecule has 3 amide bonds. The summed E-state index contributed by atoms with van der Waals surface area (Å²) in [5, 5.41) is 15.0. The van der Waals surface area contributed by atoms with Gasteiger partial charge in [-0.15, -0.1) is 0 Å². The molecule has 1 aromatic rings. The van der Waals surface area contributed by atoms with Crippen molar-refractivity contribution in [3.8, 4) is 6.07 Å². The Labute approximate surface area is 141 Å². The minimum absolute atomic E-state index is 0.0160. The molecule has 1 aliphatic heterocycles. The summed E-state index contributed by atoms with van der Waals surface area (Å²) in [4.78, 5) is 27.2. The molecule has 24 heavy (non-hydrogen) atoms. The zero-order chi connectivity index (χ0) is 17.3. The smallest absolute Gasteiger partial charge is 0.319 e. The Hall–Kier alpha value is -2.55. The van der Waals surface area contributed by atoms with E-state index < -0.39 is 11.6 Å². The first kappa shape index (κ1) is 16.3. The molecule has 0 aromatic heterocycles. The van der Waals surface area contributed by atoms with E-state index in [1.807, 2.05) is 38.1 Å². The van der Waals surface area contributed by atoms with E-state index in [-0.39, 0.29) is 17.9 Å². The molecule has 1 aromatic carbocycles.